The number of allylic oxidation sites excluding steroid dienone is 6. The summed E-state index contributed by atoms with van der Waals surface area (Å²) in [5.74, 6) is 1.58. The van der Waals surface area contributed by atoms with Gasteiger partial charge in [-0.05, 0) is 76.5 Å². The molecule has 112 valence electrons. The zero-order valence-corrected chi connectivity index (χ0v) is 14.1. The molecule has 0 aromatic heterocycles. The van der Waals surface area contributed by atoms with Crippen molar-refractivity contribution < 1.29 is 0 Å². The lowest BCUT2D eigenvalue weighted by Gasteiger charge is -2.45. The predicted molar refractivity (Wildman–Crippen MR) is 89.7 cm³/mol. The van der Waals surface area contributed by atoms with Crippen LogP contribution in [-0.2, 0) is 0 Å². The van der Waals surface area contributed by atoms with Crippen LogP contribution in [0.2, 0.25) is 0 Å². The normalized spacial score (nSPS) is 31.4. The van der Waals surface area contributed by atoms with Gasteiger partial charge in [0.2, 0.25) is 0 Å². The van der Waals surface area contributed by atoms with E-state index in [1.54, 1.807) is 16.7 Å². The third-order valence-electron chi connectivity index (χ3n) is 5.83. The van der Waals surface area contributed by atoms with E-state index in [2.05, 4.69) is 52.8 Å². The Morgan fingerprint density at radius 1 is 0.900 bits per heavy atom. The first-order valence-corrected chi connectivity index (χ1v) is 8.39. The van der Waals surface area contributed by atoms with Gasteiger partial charge in [-0.2, -0.15) is 0 Å². The molecule has 0 amide bonds. The van der Waals surface area contributed by atoms with E-state index in [0.29, 0.717) is 5.41 Å². The minimum atomic E-state index is 0.440. The molecule has 0 aromatic rings. The Morgan fingerprint density at radius 3 is 2.30 bits per heavy atom. The monoisotopic (exact) mass is 272 g/mol. The molecule has 0 fully saturated rings. The summed E-state index contributed by atoms with van der Waals surface area (Å²) in [6.45, 7) is 12.0. The highest BCUT2D eigenvalue weighted by Gasteiger charge is 2.39. The Morgan fingerprint density at radius 2 is 1.55 bits per heavy atom. The minimum absolute atomic E-state index is 0.440. The average Bonchev–Trinajstić information content (AvgIpc) is 2.36. The molecule has 0 heterocycles. The molecule has 2 aliphatic carbocycles. The van der Waals surface area contributed by atoms with Crippen molar-refractivity contribution in [1.82, 2.24) is 0 Å². The fourth-order valence-electron chi connectivity index (χ4n) is 4.11. The molecule has 20 heavy (non-hydrogen) atoms. The molecule has 0 spiro atoms. The zero-order chi connectivity index (χ0) is 14.8. The van der Waals surface area contributed by atoms with E-state index in [4.69, 9.17) is 0 Å². The van der Waals surface area contributed by atoms with Crippen molar-refractivity contribution in [2.45, 2.75) is 73.1 Å². The summed E-state index contributed by atoms with van der Waals surface area (Å²) in [6, 6.07) is 0. The maximum absolute atomic E-state index is 2.52. The van der Waals surface area contributed by atoms with Gasteiger partial charge in [0.05, 0.1) is 0 Å². The maximum atomic E-state index is 2.52. The molecule has 0 nitrogen and oxygen atoms in total. The highest BCUT2D eigenvalue weighted by molar-refractivity contribution is 5.17. The summed E-state index contributed by atoms with van der Waals surface area (Å²) in [5.41, 5.74) is 5.24. The molecule has 0 N–H and O–H groups in total. The van der Waals surface area contributed by atoms with Crippen molar-refractivity contribution in [3.63, 3.8) is 0 Å². The zero-order valence-electron chi connectivity index (χ0n) is 14.1. The molecular weight excluding hydrogens is 240 g/mol. The fraction of sp³-hybridized carbons (Fsp3) is 0.700. The van der Waals surface area contributed by atoms with Crippen LogP contribution < -0.4 is 0 Å². The van der Waals surface area contributed by atoms with Gasteiger partial charge in [-0.25, -0.2) is 0 Å². The minimum Gasteiger partial charge on any atom is -0.0853 e. The quantitative estimate of drug-likeness (QED) is 0.444. The smallest absolute Gasteiger partial charge is 0.0149 e. The van der Waals surface area contributed by atoms with Crippen LogP contribution >= 0.6 is 0 Å². The summed E-state index contributed by atoms with van der Waals surface area (Å²) in [5, 5.41) is 0. The van der Waals surface area contributed by atoms with Gasteiger partial charge >= 0.3 is 0 Å². The van der Waals surface area contributed by atoms with Crippen molar-refractivity contribution in [2.75, 3.05) is 0 Å². The molecule has 2 rings (SSSR count). The van der Waals surface area contributed by atoms with Crippen LogP contribution in [0.1, 0.15) is 73.1 Å². The highest BCUT2D eigenvalue weighted by atomic mass is 14.4. The molecule has 2 aliphatic rings. The van der Waals surface area contributed by atoms with E-state index in [1.807, 2.05) is 0 Å². The molecule has 2 bridgehead atoms. The second kappa shape index (κ2) is 6.33. The van der Waals surface area contributed by atoms with Crippen molar-refractivity contribution in [3.8, 4) is 0 Å². The Balaban J connectivity index is 2.29. The summed E-state index contributed by atoms with van der Waals surface area (Å²) in [4.78, 5) is 0. The Kier molecular flexibility index (Phi) is 4.94. The molecular formula is C20H32. The first-order chi connectivity index (χ1) is 9.41. The van der Waals surface area contributed by atoms with Gasteiger partial charge in [-0.15, -0.1) is 0 Å². The average molecular weight is 272 g/mol. The summed E-state index contributed by atoms with van der Waals surface area (Å²) < 4.78 is 0. The number of hydrogen-bond donors (Lipinski definition) is 0. The van der Waals surface area contributed by atoms with Crippen molar-refractivity contribution >= 4 is 0 Å². The van der Waals surface area contributed by atoms with Crippen molar-refractivity contribution in [1.29, 1.82) is 0 Å². The lowest BCUT2D eigenvalue weighted by molar-refractivity contribution is 0.119. The van der Waals surface area contributed by atoms with Gasteiger partial charge in [-0.3, -0.25) is 0 Å². The van der Waals surface area contributed by atoms with Crippen LogP contribution in [0.5, 0.6) is 0 Å². The molecule has 0 saturated carbocycles. The van der Waals surface area contributed by atoms with E-state index < -0.39 is 0 Å². The van der Waals surface area contributed by atoms with Gasteiger partial charge in [0.1, 0.15) is 0 Å². The van der Waals surface area contributed by atoms with Crippen LogP contribution in [0.3, 0.4) is 0 Å². The summed E-state index contributed by atoms with van der Waals surface area (Å²) in [7, 11) is 0. The summed E-state index contributed by atoms with van der Waals surface area (Å²) >= 11 is 0. The van der Waals surface area contributed by atoms with Gasteiger partial charge in [0, 0.05) is 0 Å². The first kappa shape index (κ1) is 15.6. The lowest BCUT2D eigenvalue weighted by Crippen LogP contribution is -2.36. The van der Waals surface area contributed by atoms with Gasteiger partial charge in [0.15, 0.2) is 0 Å². The van der Waals surface area contributed by atoms with Crippen LogP contribution in [-0.4, -0.2) is 0 Å². The predicted octanol–water partition coefficient (Wildman–Crippen LogP) is 6.45. The maximum Gasteiger partial charge on any atom is -0.0149 e. The first-order valence-electron chi connectivity index (χ1n) is 8.39. The molecule has 0 aliphatic heterocycles. The molecule has 0 saturated heterocycles. The van der Waals surface area contributed by atoms with Crippen molar-refractivity contribution in [2.24, 2.45) is 17.3 Å². The number of rotatable bonds is 0. The fourth-order valence-corrected chi connectivity index (χ4v) is 4.11. The van der Waals surface area contributed by atoms with Gasteiger partial charge in [0.25, 0.3) is 0 Å². The van der Waals surface area contributed by atoms with Gasteiger partial charge in [-0.1, -0.05) is 48.8 Å². The van der Waals surface area contributed by atoms with E-state index in [0.717, 1.165) is 11.8 Å². The van der Waals surface area contributed by atoms with E-state index in [9.17, 15) is 0 Å². The largest absolute Gasteiger partial charge is 0.0853 e. The molecule has 0 aromatic carbocycles. The van der Waals surface area contributed by atoms with Crippen LogP contribution in [0, 0.1) is 17.3 Å². The summed E-state index contributed by atoms with van der Waals surface area (Å²) in [6.07, 6.45) is 15.1. The Hall–Kier alpha value is -0.780. The van der Waals surface area contributed by atoms with Crippen LogP contribution in [0.15, 0.2) is 34.9 Å². The van der Waals surface area contributed by atoms with E-state index in [-0.39, 0.29) is 0 Å². The third kappa shape index (κ3) is 3.45. The second-order valence-corrected chi connectivity index (χ2v) is 7.67. The Labute approximate surface area is 126 Å². The molecule has 0 radical (unpaired) electrons. The van der Waals surface area contributed by atoms with Crippen LogP contribution in [0.4, 0.5) is 0 Å². The third-order valence-corrected chi connectivity index (χ3v) is 5.83. The SMILES string of the molecule is CC1=CCC2CC=C(C)C(CCC(C)=CCC1)C2(C)C. The number of fused-ring (bicyclic) bond motifs is 2. The van der Waals surface area contributed by atoms with Crippen molar-refractivity contribution in [3.05, 3.63) is 34.9 Å². The highest BCUT2D eigenvalue weighted by Crippen LogP contribution is 2.49. The standard InChI is InChI=1S/C20H32/c1-15-7-6-8-16(2)10-14-19-17(3)11-13-18(12-9-15)20(19,4)5/h8-9,11,18-19H,6-7,10,12-14H2,1-5H3. The Bertz CT molecular complexity index is 431. The number of hydrogen-bond acceptors (Lipinski definition) is 0. The second-order valence-electron chi connectivity index (χ2n) is 7.67. The van der Waals surface area contributed by atoms with E-state index in [1.165, 1.54) is 38.5 Å². The molecule has 0 heteroatoms. The molecule has 2 atom stereocenters. The van der Waals surface area contributed by atoms with E-state index >= 15 is 0 Å². The molecule has 2 unspecified atom stereocenters. The van der Waals surface area contributed by atoms with Gasteiger partial charge < -0.3 is 0 Å². The lowest BCUT2D eigenvalue weighted by atomic mass is 9.60. The topological polar surface area (TPSA) is 0 Å². The van der Waals surface area contributed by atoms with Crippen LogP contribution in [0.25, 0.3) is 0 Å².